The number of carbonyl (C=O) groups excluding carboxylic acids is 4. The van der Waals surface area contributed by atoms with Crippen molar-refractivity contribution in [3.05, 3.63) is 60.4 Å². The van der Waals surface area contributed by atoms with Gasteiger partial charge in [0.05, 0.1) is 26.0 Å². The first-order valence-electron chi connectivity index (χ1n) is 19.3. The Bertz CT molecular complexity index is 2440. The number of allylic oxidation sites excluding steroid dienone is 1. The zero-order chi connectivity index (χ0) is 40.8. The van der Waals surface area contributed by atoms with E-state index >= 15 is 0 Å². The number of ether oxygens (including phenoxy) is 3. The minimum atomic E-state index is -3.94. The van der Waals surface area contributed by atoms with Crippen LogP contribution in [0, 0.1) is 11.7 Å². The Morgan fingerprint density at radius 1 is 1.05 bits per heavy atom. The smallest absolute Gasteiger partial charge is 0.407 e. The number of nitrogens with zero attached hydrogens (tertiary/aromatic N) is 3. The van der Waals surface area contributed by atoms with Gasteiger partial charge in [-0.25, -0.2) is 22.6 Å². The lowest BCUT2D eigenvalue weighted by Crippen LogP contribution is -2.58. The molecule has 58 heavy (non-hydrogen) atoms. The molecule has 4 amide bonds. The molecule has 3 N–H and O–H groups in total. The Hall–Kier alpha value is -5.78. The summed E-state index contributed by atoms with van der Waals surface area (Å²) in [7, 11) is -1.23. The highest BCUT2D eigenvalue weighted by molar-refractivity contribution is 7.91. The van der Waals surface area contributed by atoms with Crippen molar-refractivity contribution in [2.24, 2.45) is 5.92 Å². The summed E-state index contributed by atoms with van der Waals surface area (Å²) in [5.74, 6) is -2.39. The van der Waals surface area contributed by atoms with Crippen LogP contribution >= 0.6 is 0 Å². The standard InChI is InChI=1S/C40H43FN6O10S/c1-54-25-11-8-9-22(17-25)34-43-32-28-18-24(41)13-16-31(28)57-33(32)36(44-34)56-26-19-30-35(48)45-40(38(50)46-58(52,53)27-14-15-27)20-23(40)10-6-4-3-5-7-12-29(42-39(51)55-2)37(49)47(30)21-26/h6,8-11,13,16-18,23,26-27,29-30H,3-5,7,12,14-15,19-21H2,1-2H3,(H,42,51)(H,45,48)(H,46,50)/t23-,26-,29+,30+,40-/m1/s1. The number of halogens is 1. The van der Waals surface area contributed by atoms with E-state index in [1.807, 2.05) is 12.2 Å². The third-order valence-corrected chi connectivity index (χ3v) is 13.0. The summed E-state index contributed by atoms with van der Waals surface area (Å²) in [5.41, 5.74) is -0.311. The van der Waals surface area contributed by atoms with Gasteiger partial charge < -0.3 is 34.2 Å². The quantitative estimate of drug-likeness (QED) is 0.213. The highest BCUT2D eigenvalue weighted by atomic mass is 32.2. The minimum absolute atomic E-state index is 0.0298. The number of hydrogen-bond acceptors (Lipinski definition) is 12. The van der Waals surface area contributed by atoms with Gasteiger partial charge in [-0.05, 0) is 68.9 Å². The number of alkyl carbamates (subject to hydrolysis) is 1. The molecule has 1 saturated heterocycles. The molecule has 0 unspecified atom stereocenters. The molecule has 0 radical (unpaired) electrons. The summed E-state index contributed by atoms with van der Waals surface area (Å²) in [6.45, 7) is -0.149. The predicted octanol–water partition coefficient (Wildman–Crippen LogP) is 4.27. The average Bonchev–Trinajstić information content (AvgIpc) is 4.11. The highest BCUT2D eigenvalue weighted by Crippen LogP contribution is 2.46. The molecule has 8 rings (SSSR count). The van der Waals surface area contributed by atoms with Crippen LogP contribution in [0.15, 0.2) is 59.0 Å². The van der Waals surface area contributed by atoms with Crippen molar-refractivity contribution in [3.8, 4) is 23.0 Å². The second-order valence-corrected chi connectivity index (χ2v) is 17.1. The summed E-state index contributed by atoms with van der Waals surface area (Å²) in [6.07, 6.45) is 5.95. The van der Waals surface area contributed by atoms with Crippen LogP contribution in [-0.4, -0.2) is 96.8 Å². The molecule has 2 saturated carbocycles. The Balaban J connectivity index is 1.16. The van der Waals surface area contributed by atoms with E-state index in [9.17, 15) is 32.0 Å². The summed E-state index contributed by atoms with van der Waals surface area (Å²) in [5, 5.41) is 5.16. The number of methoxy groups -OCH3 is 2. The van der Waals surface area contributed by atoms with E-state index in [0.717, 1.165) is 12.8 Å². The molecule has 3 fully saturated rings. The monoisotopic (exact) mass is 818 g/mol. The fourth-order valence-corrected chi connectivity index (χ4v) is 9.13. The van der Waals surface area contributed by atoms with Crippen molar-refractivity contribution in [1.29, 1.82) is 0 Å². The van der Waals surface area contributed by atoms with Crippen molar-refractivity contribution < 1.29 is 50.6 Å². The van der Waals surface area contributed by atoms with Gasteiger partial charge in [0.2, 0.25) is 27.4 Å². The van der Waals surface area contributed by atoms with Crippen LogP contribution in [0.25, 0.3) is 33.5 Å². The van der Waals surface area contributed by atoms with E-state index in [1.165, 1.54) is 37.3 Å². The van der Waals surface area contributed by atoms with Gasteiger partial charge in [-0.3, -0.25) is 19.1 Å². The molecule has 2 aliphatic heterocycles. The maximum absolute atomic E-state index is 14.5. The summed E-state index contributed by atoms with van der Waals surface area (Å²) in [6, 6.07) is 8.73. The zero-order valence-electron chi connectivity index (χ0n) is 31.9. The molecule has 2 aromatic carbocycles. The first kappa shape index (κ1) is 39.1. The molecule has 4 aromatic rings. The van der Waals surface area contributed by atoms with Crippen LogP contribution in [0.2, 0.25) is 0 Å². The van der Waals surface area contributed by atoms with E-state index in [1.54, 1.807) is 24.3 Å². The lowest BCUT2D eigenvalue weighted by Gasteiger charge is -2.29. The van der Waals surface area contributed by atoms with Gasteiger partial charge in [-0.1, -0.05) is 37.1 Å². The number of nitrogens with one attached hydrogen (secondary N) is 3. The van der Waals surface area contributed by atoms with E-state index in [2.05, 4.69) is 15.4 Å². The third-order valence-electron chi connectivity index (χ3n) is 11.2. The molecular formula is C40H43FN6O10S. The number of benzene rings is 2. The van der Waals surface area contributed by atoms with Crippen LogP contribution in [0.4, 0.5) is 9.18 Å². The first-order valence-corrected chi connectivity index (χ1v) is 20.8. The first-order chi connectivity index (χ1) is 27.9. The Labute approximate surface area is 332 Å². The number of amides is 4. The normalized spacial score (nSPS) is 25.2. The molecule has 16 nitrogen and oxygen atoms in total. The number of aromatic nitrogens is 2. The van der Waals surface area contributed by atoms with Crippen LogP contribution < -0.4 is 24.8 Å². The summed E-state index contributed by atoms with van der Waals surface area (Å²) in [4.78, 5) is 65.9. The van der Waals surface area contributed by atoms with Crippen molar-refractivity contribution in [2.45, 2.75) is 86.8 Å². The molecule has 2 aliphatic carbocycles. The van der Waals surface area contributed by atoms with Crippen LogP contribution in [-0.2, 0) is 29.1 Å². The second-order valence-electron chi connectivity index (χ2n) is 15.2. The Morgan fingerprint density at radius 3 is 2.66 bits per heavy atom. The third kappa shape index (κ3) is 7.76. The van der Waals surface area contributed by atoms with Crippen molar-refractivity contribution in [3.63, 3.8) is 0 Å². The fraction of sp³-hybridized carbons (Fsp3) is 0.450. The van der Waals surface area contributed by atoms with Gasteiger partial charge in [0.25, 0.3) is 11.8 Å². The van der Waals surface area contributed by atoms with Gasteiger partial charge >= 0.3 is 6.09 Å². The van der Waals surface area contributed by atoms with Crippen LogP contribution in [0.1, 0.15) is 57.8 Å². The van der Waals surface area contributed by atoms with Gasteiger partial charge in [-0.15, -0.1) is 0 Å². The number of sulfonamides is 1. The highest BCUT2D eigenvalue weighted by Gasteiger charge is 2.62. The van der Waals surface area contributed by atoms with Gasteiger partial charge in [0, 0.05) is 23.3 Å². The lowest BCUT2D eigenvalue weighted by molar-refractivity contribution is -0.141. The van der Waals surface area contributed by atoms with Crippen LogP contribution in [0.3, 0.4) is 0 Å². The predicted molar refractivity (Wildman–Crippen MR) is 206 cm³/mol. The zero-order valence-corrected chi connectivity index (χ0v) is 32.7. The van der Waals surface area contributed by atoms with Gasteiger partial charge in [0.15, 0.2) is 5.82 Å². The molecule has 306 valence electrons. The maximum atomic E-state index is 14.5. The Morgan fingerprint density at radius 2 is 1.88 bits per heavy atom. The number of hydrogen-bond donors (Lipinski definition) is 3. The SMILES string of the molecule is COC(=O)N[C@H]1CCCCCC=C[C@@H]2C[C@@]2(C(=O)NS(=O)(=O)C2CC2)NC(=O)[C@@H]2C[C@@H](Oc3nc(-c4cccc(OC)c4)nc4c3oc3ccc(F)cc34)CN2C1=O. The molecule has 0 bridgehead atoms. The van der Waals surface area contributed by atoms with Crippen molar-refractivity contribution in [1.82, 2.24) is 30.2 Å². The molecule has 5 atom stereocenters. The number of carbonyl (C=O) groups is 4. The number of furan rings is 1. The van der Waals surface area contributed by atoms with Crippen molar-refractivity contribution >= 4 is 55.9 Å². The number of fused-ring (bicyclic) bond motifs is 5. The van der Waals surface area contributed by atoms with E-state index in [4.69, 9.17) is 28.6 Å². The number of rotatable bonds is 8. The largest absolute Gasteiger partial charge is 0.497 e. The Kier molecular flexibility index (Phi) is 10.5. The van der Waals surface area contributed by atoms with E-state index in [0.29, 0.717) is 48.0 Å². The van der Waals surface area contributed by atoms with Gasteiger partial charge in [0.1, 0.15) is 46.4 Å². The maximum Gasteiger partial charge on any atom is 0.407 e. The van der Waals surface area contributed by atoms with Crippen molar-refractivity contribution in [2.75, 3.05) is 20.8 Å². The second kappa shape index (κ2) is 15.5. The molecule has 2 aromatic heterocycles. The molecule has 4 aliphatic rings. The lowest BCUT2D eigenvalue weighted by atomic mass is 10.1. The minimum Gasteiger partial charge on any atom is -0.497 e. The van der Waals surface area contributed by atoms with E-state index < -0.39 is 74.5 Å². The average molecular weight is 819 g/mol. The molecule has 4 heterocycles. The molecular weight excluding hydrogens is 776 g/mol. The van der Waals surface area contributed by atoms with E-state index in [-0.39, 0.29) is 48.6 Å². The summed E-state index contributed by atoms with van der Waals surface area (Å²) >= 11 is 0. The molecule has 0 spiro atoms. The topological polar surface area (TPSA) is 208 Å². The van der Waals surface area contributed by atoms with Gasteiger partial charge in [-0.2, -0.15) is 4.98 Å². The summed E-state index contributed by atoms with van der Waals surface area (Å²) < 4.78 is 65.4. The fourth-order valence-electron chi connectivity index (χ4n) is 7.77. The molecule has 18 heteroatoms. The van der Waals surface area contributed by atoms with Crippen LogP contribution in [0.5, 0.6) is 11.6 Å².